The van der Waals surface area contributed by atoms with E-state index in [-0.39, 0.29) is 27.8 Å². The van der Waals surface area contributed by atoms with E-state index in [4.69, 9.17) is 23.7 Å². The van der Waals surface area contributed by atoms with Crippen molar-refractivity contribution in [1.29, 1.82) is 0 Å². The normalized spacial score (nSPS) is 14.5. The van der Waals surface area contributed by atoms with Crippen LogP contribution in [0.3, 0.4) is 0 Å². The van der Waals surface area contributed by atoms with Crippen LogP contribution in [0.2, 0.25) is 0 Å². The van der Waals surface area contributed by atoms with Crippen LogP contribution in [0.1, 0.15) is 51.8 Å². The van der Waals surface area contributed by atoms with Crippen molar-refractivity contribution in [3.05, 3.63) is 179 Å². The minimum atomic E-state index is -1.88. The van der Waals surface area contributed by atoms with E-state index < -0.39 is 105 Å². The van der Waals surface area contributed by atoms with Gasteiger partial charge < -0.3 is 59.4 Å². The molecule has 0 radical (unpaired) electrons. The molecule has 0 aromatic heterocycles. The van der Waals surface area contributed by atoms with Crippen LogP contribution in [0.4, 0.5) is 0 Å². The average molecular weight is 885 g/mol. The zero-order chi connectivity index (χ0) is 46.4. The van der Waals surface area contributed by atoms with E-state index in [0.29, 0.717) is 0 Å². The highest BCUT2D eigenvalue weighted by molar-refractivity contribution is 5.91. The summed E-state index contributed by atoms with van der Waals surface area (Å²) in [7, 11) is 0. The predicted molar refractivity (Wildman–Crippen MR) is 225 cm³/mol. The quantitative estimate of drug-likeness (QED) is 0.0436. The standard InChI is InChI=1S/C27H26O9.C20H22O8/c28-16-21(29)23(30)24(36-27(33)20-14-8-3-9-15-20)22(35-26(32)19-12-6-2-7-13-19)17-34-25(31)18-10-4-1-5-11-18;21-15(11-27-19(25)13-7-3-1-4-8-13)17(23)18(24)16(22)12-28-20(26)14-9-5-2-6-10-14/h1-15,21-24,28-30H,16-17H2;1-10,15-18,21-24H,11-12H2. The molecule has 0 aliphatic heterocycles. The first-order chi connectivity index (χ1) is 30.8. The van der Waals surface area contributed by atoms with Crippen molar-refractivity contribution < 1.29 is 83.4 Å². The molecule has 0 aliphatic rings. The van der Waals surface area contributed by atoms with Gasteiger partial charge in [-0.15, -0.1) is 0 Å². The third kappa shape index (κ3) is 15.5. The highest BCUT2D eigenvalue weighted by Gasteiger charge is 2.40. The average Bonchev–Trinajstić information content (AvgIpc) is 3.35. The van der Waals surface area contributed by atoms with Crippen molar-refractivity contribution in [2.24, 2.45) is 0 Å². The molecule has 0 fully saturated rings. The van der Waals surface area contributed by atoms with Crippen LogP contribution < -0.4 is 0 Å². The highest BCUT2D eigenvalue weighted by Crippen LogP contribution is 2.19. The summed E-state index contributed by atoms with van der Waals surface area (Å²) in [6, 6.07) is 39.8. The second kappa shape index (κ2) is 25.9. The summed E-state index contributed by atoms with van der Waals surface area (Å²) < 4.78 is 26.0. The van der Waals surface area contributed by atoms with E-state index >= 15 is 0 Å². The lowest BCUT2D eigenvalue weighted by atomic mass is 10.0. The number of ether oxygens (including phenoxy) is 5. The Bertz CT molecular complexity index is 2110. The van der Waals surface area contributed by atoms with Gasteiger partial charge >= 0.3 is 29.8 Å². The fourth-order valence-corrected chi connectivity index (χ4v) is 5.54. The van der Waals surface area contributed by atoms with Gasteiger partial charge in [0, 0.05) is 0 Å². The zero-order valence-corrected chi connectivity index (χ0v) is 34.1. The van der Waals surface area contributed by atoms with E-state index in [1.54, 1.807) is 91.0 Å². The molecule has 5 aromatic carbocycles. The number of hydrogen-bond acceptors (Lipinski definition) is 17. The molecule has 0 amide bonds. The monoisotopic (exact) mass is 884 g/mol. The molecule has 0 spiro atoms. The Morgan fingerprint density at radius 2 is 0.641 bits per heavy atom. The van der Waals surface area contributed by atoms with Crippen molar-refractivity contribution in [2.45, 2.75) is 48.8 Å². The van der Waals surface area contributed by atoms with E-state index in [1.165, 1.54) is 60.7 Å². The van der Waals surface area contributed by atoms with Gasteiger partial charge in [0.25, 0.3) is 0 Å². The van der Waals surface area contributed by atoms with Gasteiger partial charge in [0.15, 0.2) is 12.2 Å². The number of aliphatic hydroxyl groups excluding tert-OH is 7. The summed E-state index contributed by atoms with van der Waals surface area (Å²) in [6.07, 6.45) is -13.8. The van der Waals surface area contributed by atoms with Gasteiger partial charge in [-0.25, -0.2) is 24.0 Å². The predicted octanol–water partition coefficient (Wildman–Crippen LogP) is 2.15. The number of aliphatic hydroxyl groups is 7. The van der Waals surface area contributed by atoms with E-state index in [0.717, 1.165) is 0 Å². The Morgan fingerprint density at radius 3 is 0.953 bits per heavy atom. The molecule has 7 N–H and O–H groups in total. The molecule has 17 nitrogen and oxygen atoms in total. The Kier molecular flexibility index (Phi) is 20.2. The summed E-state index contributed by atoms with van der Waals surface area (Å²) in [5.41, 5.74) is 1.03. The van der Waals surface area contributed by atoms with Crippen LogP contribution in [0.25, 0.3) is 0 Å². The molecular formula is C47H48O17. The van der Waals surface area contributed by atoms with Crippen LogP contribution in [0.15, 0.2) is 152 Å². The first kappa shape index (κ1) is 49.8. The second-order valence-electron chi connectivity index (χ2n) is 13.8. The number of esters is 5. The van der Waals surface area contributed by atoms with Crippen molar-refractivity contribution in [1.82, 2.24) is 0 Å². The van der Waals surface area contributed by atoms with Crippen molar-refractivity contribution >= 4 is 29.8 Å². The molecule has 0 heterocycles. The summed E-state index contributed by atoms with van der Waals surface area (Å²) >= 11 is 0. The van der Waals surface area contributed by atoms with Crippen molar-refractivity contribution in [3.8, 4) is 0 Å². The molecular weight excluding hydrogens is 836 g/mol. The Hall–Kier alpha value is -6.83. The van der Waals surface area contributed by atoms with Gasteiger partial charge in [0.2, 0.25) is 0 Å². The van der Waals surface area contributed by atoms with Crippen molar-refractivity contribution in [3.63, 3.8) is 0 Å². The summed E-state index contributed by atoms with van der Waals surface area (Å²) in [5, 5.41) is 69.8. The van der Waals surface area contributed by atoms with Crippen LogP contribution >= 0.6 is 0 Å². The summed E-state index contributed by atoms with van der Waals surface area (Å²) in [5.74, 6) is -3.90. The minimum absolute atomic E-state index is 0.127. The number of hydrogen-bond donors (Lipinski definition) is 7. The smallest absolute Gasteiger partial charge is 0.338 e. The minimum Gasteiger partial charge on any atom is -0.459 e. The van der Waals surface area contributed by atoms with Gasteiger partial charge in [-0.05, 0) is 60.7 Å². The van der Waals surface area contributed by atoms with E-state index in [1.807, 2.05) is 0 Å². The lowest BCUT2D eigenvalue weighted by molar-refractivity contribution is -0.132. The molecule has 5 rings (SSSR count). The molecule has 0 bridgehead atoms. The molecule has 0 saturated heterocycles. The van der Waals surface area contributed by atoms with E-state index in [9.17, 15) is 59.7 Å². The summed E-state index contributed by atoms with van der Waals surface area (Å²) in [6.45, 7) is -2.68. The maximum atomic E-state index is 12.8. The van der Waals surface area contributed by atoms with Crippen LogP contribution in [-0.4, -0.2) is 141 Å². The van der Waals surface area contributed by atoms with Crippen LogP contribution in [0, 0.1) is 0 Å². The molecule has 5 aromatic rings. The number of benzene rings is 5. The van der Waals surface area contributed by atoms with Gasteiger partial charge in [0.05, 0.1) is 34.4 Å². The molecule has 8 atom stereocenters. The second-order valence-corrected chi connectivity index (χ2v) is 13.8. The molecule has 0 aliphatic carbocycles. The topological polar surface area (TPSA) is 273 Å². The number of rotatable bonds is 20. The van der Waals surface area contributed by atoms with Gasteiger partial charge in [-0.3, -0.25) is 0 Å². The SMILES string of the molecule is O=C(OCC(O)C(O)C(O)C(O)COC(=O)c1ccccc1)c1ccccc1.O=C(OCC(OC(=O)c1ccccc1)C(OC(=O)c1ccccc1)C(O)C(O)CO)c1ccccc1. The molecule has 8 unspecified atom stereocenters. The van der Waals surface area contributed by atoms with Gasteiger partial charge in [-0.2, -0.15) is 0 Å². The lowest BCUT2D eigenvalue weighted by Gasteiger charge is -2.31. The van der Waals surface area contributed by atoms with Crippen LogP contribution in [0.5, 0.6) is 0 Å². The van der Waals surface area contributed by atoms with Crippen LogP contribution in [-0.2, 0) is 23.7 Å². The fourth-order valence-electron chi connectivity index (χ4n) is 5.54. The van der Waals surface area contributed by atoms with Gasteiger partial charge in [0.1, 0.15) is 56.4 Å². The Balaban J connectivity index is 0.000000290. The zero-order valence-electron chi connectivity index (χ0n) is 34.1. The molecule has 17 heteroatoms. The number of carbonyl (C=O) groups is 5. The maximum Gasteiger partial charge on any atom is 0.338 e. The first-order valence-electron chi connectivity index (χ1n) is 19.7. The fraction of sp³-hybridized carbons (Fsp3) is 0.255. The third-order valence-corrected chi connectivity index (χ3v) is 9.12. The Labute approximate surface area is 367 Å². The third-order valence-electron chi connectivity index (χ3n) is 9.12. The maximum absolute atomic E-state index is 12.8. The number of carbonyl (C=O) groups excluding carboxylic acids is 5. The molecule has 338 valence electrons. The molecule has 0 saturated carbocycles. The Morgan fingerprint density at radius 1 is 0.359 bits per heavy atom. The van der Waals surface area contributed by atoms with Crippen molar-refractivity contribution in [2.75, 3.05) is 26.4 Å². The highest BCUT2D eigenvalue weighted by atomic mass is 16.6. The largest absolute Gasteiger partial charge is 0.459 e. The summed E-state index contributed by atoms with van der Waals surface area (Å²) in [4.78, 5) is 61.7. The lowest BCUT2D eigenvalue weighted by Crippen LogP contribution is -2.51. The first-order valence-corrected chi connectivity index (χ1v) is 19.7. The van der Waals surface area contributed by atoms with E-state index in [2.05, 4.69) is 0 Å². The van der Waals surface area contributed by atoms with Gasteiger partial charge in [-0.1, -0.05) is 91.0 Å². The molecule has 64 heavy (non-hydrogen) atoms.